The van der Waals surface area contributed by atoms with E-state index in [1.165, 1.54) is 36.0 Å². The fourth-order valence-electron chi connectivity index (χ4n) is 2.15. The highest BCUT2D eigenvalue weighted by Gasteiger charge is 2.15. The van der Waals surface area contributed by atoms with E-state index in [0.717, 1.165) is 9.31 Å². The van der Waals surface area contributed by atoms with Crippen LogP contribution in [0.25, 0.3) is 5.69 Å². The molecule has 1 N–H and O–H groups in total. The lowest BCUT2D eigenvalue weighted by molar-refractivity contribution is -0.392. The fraction of sp³-hybridized carbons (Fsp3) is 0.267. The van der Waals surface area contributed by atoms with Gasteiger partial charge in [0, 0.05) is 14.0 Å². The minimum absolute atomic E-state index is 0.0819. The van der Waals surface area contributed by atoms with Gasteiger partial charge in [-0.15, -0.1) is 4.74 Å². The molecule has 150 valence electrons. The molecule has 0 radical (unpaired) electrons. The Balaban J connectivity index is 0.000000209. The van der Waals surface area contributed by atoms with Crippen molar-refractivity contribution < 1.29 is 14.6 Å². The van der Waals surface area contributed by atoms with Crippen LogP contribution in [-0.4, -0.2) is 35.5 Å². The van der Waals surface area contributed by atoms with Gasteiger partial charge < -0.3 is 19.7 Å². The first kappa shape index (κ1) is 21.4. The Morgan fingerprint density at radius 1 is 1.29 bits per heavy atom. The topological polar surface area (TPSA) is 138 Å². The van der Waals surface area contributed by atoms with E-state index in [0.29, 0.717) is 16.5 Å². The molecule has 3 aromatic rings. The monoisotopic (exact) mass is 431 g/mol. The van der Waals surface area contributed by atoms with E-state index in [4.69, 9.17) is 32.8 Å². The van der Waals surface area contributed by atoms with E-state index in [9.17, 15) is 19.7 Å². The van der Waals surface area contributed by atoms with Crippen LogP contribution < -0.4 is 11.4 Å². The summed E-state index contributed by atoms with van der Waals surface area (Å²) in [6.45, 7) is 1.74. The van der Waals surface area contributed by atoms with Crippen molar-refractivity contribution in [2.75, 3.05) is 6.61 Å². The summed E-state index contributed by atoms with van der Waals surface area (Å²) in [4.78, 5) is 36.3. The molecule has 0 amide bonds. The zero-order chi connectivity index (χ0) is 21.0. The smallest absolute Gasteiger partial charge is 0.392 e. The van der Waals surface area contributed by atoms with Crippen LogP contribution in [0.1, 0.15) is 5.82 Å². The van der Waals surface area contributed by atoms with Gasteiger partial charge in [0.2, 0.25) is 0 Å². The minimum Gasteiger partial charge on any atom is -0.392 e. The molecule has 0 saturated heterocycles. The molecule has 0 fully saturated rings. The molecule has 0 aliphatic heterocycles. The van der Waals surface area contributed by atoms with E-state index in [1.807, 2.05) is 0 Å². The van der Waals surface area contributed by atoms with Crippen LogP contribution in [0.5, 0.6) is 0 Å². The van der Waals surface area contributed by atoms with Gasteiger partial charge in [-0.25, -0.2) is 23.7 Å². The summed E-state index contributed by atoms with van der Waals surface area (Å²) >= 11 is 11.5. The molecule has 0 unspecified atom stereocenters. The van der Waals surface area contributed by atoms with Crippen LogP contribution >= 0.6 is 23.2 Å². The molecular weight excluding hydrogens is 417 g/mol. The SMILES string of the molecule is Cc1ncc([N+](=O)[O-])n1CCO.Cn1c(=O)on(-c2ccc(Cl)c(Cl)c2)c1=O. The largest absolute Gasteiger partial charge is 0.442 e. The Labute approximate surface area is 167 Å². The number of nitrogens with zero attached hydrogens (tertiary/aromatic N) is 5. The highest BCUT2D eigenvalue weighted by Crippen LogP contribution is 2.23. The molecule has 2 heterocycles. The van der Waals surface area contributed by atoms with E-state index < -0.39 is 16.4 Å². The Kier molecular flexibility index (Phi) is 6.78. The lowest BCUT2D eigenvalue weighted by atomic mass is 10.3. The number of rotatable bonds is 4. The van der Waals surface area contributed by atoms with Crippen molar-refractivity contribution >= 4 is 29.0 Å². The summed E-state index contributed by atoms with van der Waals surface area (Å²) < 4.78 is 7.80. The summed E-state index contributed by atoms with van der Waals surface area (Å²) in [7, 11) is 1.32. The molecule has 3 rings (SSSR count). The van der Waals surface area contributed by atoms with Crippen LogP contribution in [0.15, 0.2) is 38.5 Å². The third-order valence-corrected chi connectivity index (χ3v) is 4.33. The van der Waals surface area contributed by atoms with Gasteiger partial charge in [0.05, 0.1) is 22.3 Å². The quantitative estimate of drug-likeness (QED) is 0.487. The fourth-order valence-corrected chi connectivity index (χ4v) is 2.44. The molecule has 28 heavy (non-hydrogen) atoms. The number of nitro groups is 1. The molecule has 2 aromatic heterocycles. The molecule has 11 nitrogen and oxygen atoms in total. The van der Waals surface area contributed by atoms with E-state index in [-0.39, 0.29) is 24.0 Å². The highest BCUT2D eigenvalue weighted by atomic mass is 35.5. The maximum atomic E-state index is 11.5. The summed E-state index contributed by atoms with van der Waals surface area (Å²) in [5.74, 6) is -0.284. The number of imidazole rings is 1. The van der Waals surface area contributed by atoms with Crippen molar-refractivity contribution in [2.45, 2.75) is 13.5 Å². The van der Waals surface area contributed by atoms with Gasteiger partial charge in [-0.2, -0.15) is 0 Å². The molecule has 0 aliphatic rings. The second-order valence-electron chi connectivity index (χ2n) is 5.39. The number of aryl methyl sites for hydroxylation is 1. The third kappa shape index (κ3) is 4.50. The van der Waals surface area contributed by atoms with Crippen LogP contribution in [0.3, 0.4) is 0 Å². The molecule has 0 bridgehead atoms. The van der Waals surface area contributed by atoms with Gasteiger partial charge in [0.1, 0.15) is 12.7 Å². The first-order chi connectivity index (χ1) is 13.2. The number of benzene rings is 1. The molecule has 0 aliphatic carbocycles. The van der Waals surface area contributed by atoms with Crippen LogP contribution in [-0.2, 0) is 13.6 Å². The second-order valence-corrected chi connectivity index (χ2v) is 6.20. The average Bonchev–Trinajstić information content (AvgIpc) is 3.13. The van der Waals surface area contributed by atoms with Gasteiger partial charge in [0.15, 0.2) is 5.82 Å². The zero-order valence-electron chi connectivity index (χ0n) is 14.7. The maximum absolute atomic E-state index is 11.5. The minimum atomic E-state index is -0.740. The molecule has 13 heteroatoms. The number of halogens is 2. The Hall–Kier alpha value is -2.89. The van der Waals surface area contributed by atoms with Crippen molar-refractivity contribution in [3.8, 4) is 5.69 Å². The molecule has 1 aromatic carbocycles. The van der Waals surface area contributed by atoms with E-state index in [2.05, 4.69) is 4.98 Å². The highest BCUT2D eigenvalue weighted by molar-refractivity contribution is 6.42. The number of hydrogen-bond donors (Lipinski definition) is 1. The Bertz CT molecular complexity index is 1110. The summed E-state index contributed by atoms with van der Waals surface area (Å²) in [5, 5.41) is 19.6. The lowest BCUT2D eigenvalue weighted by Gasteiger charge is -2.00. The van der Waals surface area contributed by atoms with Crippen molar-refractivity contribution in [1.82, 2.24) is 18.9 Å². The maximum Gasteiger partial charge on any atom is 0.442 e. The molecule has 0 atom stereocenters. The predicted octanol–water partition coefficient (Wildman–Crippen LogP) is 1.53. The summed E-state index contributed by atoms with van der Waals surface area (Å²) in [5.41, 5.74) is -0.236. The first-order valence-electron chi connectivity index (χ1n) is 7.69. The third-order valence-electron chi connectivity index (χ3n) is 3.59. The Morgan fingerprint density at radius 3 is 2.46 bits per heavy atom. The molecule has 0 saturated carbocycles. The van der Waals surface area contributed by atoms with Gasteiger partial charge >= 0.3 is 17.3 Å². The zero-order valence-corrected chi connectivity index (χ0v) is 16.2. The van der Waals surface area contributed by atoms with Gasteiger partial charge in [-0.05, 0) is 23.1 Å². The second kappa shape index (κ2) is 8.87. The molecule has 0 spiro atoms. The summed E-state index contributed by atoms with van der Waals surface area (Å²) in [6.07, 6.45) is 1.19. The van der Waals surface area contributed by atoms with Crippen molar-refractivity contribution in [1.29, 1.82) is 0 Å². The van der Waals surface area contributed by atoms with Gasteiger partial charge in [-0.3, -0.25) is 0 Å². The normalized spacial score (nSPS) is 10.5. The molecular formula is C15H15Cl2N5O6. The predicted molar refractivity (Wildman–Crippen MR) is 100 cm³/mol. The van der Waals surface area contributed by atoms with Crippen molar-refractivity contribution in [3.63, 3.8) is 0 Å². The standard InChI is InChI=1S/C9H6Cl2N2O3.C6H9N3O3/c1-12-8(14)13(16-9(12)15)5-2-3-6(10)7(11)4-5;1-5-7-4-6(9(11)12)8(5)2-3-10/h2-4H,1H3;4,10H,2-3H2,1H3. The number of aliphatic hydroxyl groups excluding tert-OH is 1. The number of hydrogen-bond acceptors (Lipinski definition) is 7. The van der Waals surface area contributed by atoms with Crippen LogP contribution in [0.2, 0.25) is 10.0 Å². The first-order valence-corrected chi connectivity index (χ1v) is 8.45. The van der Waals surface area contributed by atoms with E-state index >= 15 is 0 Å². The van der Waals surface area contributed by atoms with Crippen LogP contribution in [0, 0.1) is 17.0 Å². The van der Waals surface area contributed by atoms with Crippen molar-refractivity contribution in [2.24, 2.45) is 7.05 Å². The average molecular weight is 432 g/mol. The Morgan fingerprint density at radius 2 is 1.96 bits per heavy atom. The van der Waals surface area contributed by atoms with Gasteiger partial charge in [-0.1, -0.05) is 23.2 Å². The van der Waals surface area contributed by atoms with Gasteiger partial charge in [0.25, 0.3) is 0 Å². The van der Waals surface area contributed by atoms with E-state index in [1.54, 1.807) is 6.92 Å². The summed E-state index contributed by atoms with van der Waals surface area (Å²) in [6, 6.07) is 4.48. The number of aromatic nitrogens is 4. The lowest BCUT2D eigenvalue weighted by Crippen LogP contribution is -2.25. The van der Waals surface area contributed by atoms with Crippen LogP contribution in [0.4, 0.5) is 5.82 Å². The number of aliphatic hydroxyl groups is 1. The van der Waals surface area contributed by atoms with Crippen molar-refractivity contribution in [3.05, 3.63) is 71.4 Å².